The minimum Gasteiger partial charge on any atom is -0.469 e. The number of hydrogen-bond acceptors (Lipinski definition) is 3. The van der Waals surface area contributed by atoms with Gasteiger partial charge in [0.05, 0.1) is 13.5 Å². The van der Waals surface area contributed by atoms with Crippen molar-refractivity contribution >= 4 is 5.97 Å². The van der Waals surface area contributed by atoms with Crippen molar-refractivity contribution in [2.75, 3.05) is 7.11 Å². The molecule has 0 saturated heterocycles. The van der Waals surface area contributed by atoms with Crippen LogP contribution in [-0.4, -0.2) is 23.8 Å². The summed E-state index contributed by atoms with van der Waals surface area (Å²) >= 11 is 0. The highest BCUT2D eigenvalue weighted by Crippen LogP contribution is 2.41. The number of carbonyl (C=O) groups excluding carboxylic acids is 1. The molecule has 1 fully saturated rings. The van der Waals surface area contributed by atoms with Gasteiger partial charge in [0.1, 0.15) is 11.4 Å². The van der Waals surface area contributed by atoms with Crippen LogP contribution in [0.2, 0.25) is 0 Å². The third kappa shape index (κ3) is 6.16. The fourth-order valence-corrected chi connectivity index (χ4v) is 6.15. The van der Waals surface area contributed by atoms with Gasteiger partial charge >= 0.3 is 5.97 Å². The summed E-state index contributed by atoms with van der Waals surface area (Å²) in [5.74, 6) is 5.59. The Morgan fingerprint density at radius 2 is 1.60 bits per heavy atom. The maximum absolute atomic E-state index is 14.8. The van der Waals surface area contributed by atoms with Crippen molar-refractivity contribution in [1.29, 1.82) is 0 Å². The zero-order chi connectivity index (χ0) is 28.9. The molecule has 40 heavy (non-hydrogen) atoms. The second kappa shape index (κ2) is 12.4. The van der Waals surface area contributed by atoms with E-state index >= 15 is 0 Å². The van der Waals surface area contributed by atoms with Crippen molar-refractivity contribution in [1.82, 2.24) is 0 Å². The topological polar surface area (TPSA) is 46.5 Å². The summed E-state index contributed by atoms with van der Waals surface area (Å²) in [5.41, 5.74) is 6.70. The first-order valence-electron chi connectivity index (χ1n) is 14.5. The third-order valence-corrected chi connectivity index (χ3v) is 8.80. The number of aliphatic hydroxyl groups is 1. The molecule has 0 bridgehead atoms. The molecule has 0 aromatic heterocycles. The minimum absolute atomic E-state index is 0.0826. The Morgan fingerprint density at radius 1 is 0.950 bits per heavy atom. The molecule has 1 saturated carbocycles. The summed E-state index contributed by atoms with van der Waals surface area (Å²) in [6.45, 7) is 8.62. The summed E-state index contributed by atoms with van der Waals surface area (Å²) in [5, 5.41) is 10.8. The molecular formula is C36H41FO3. The van der Waals surface area contributed by atoms with Gasteiger partial charge in [0.25, 0.3) is 0 Å². The van der Waals surface area contributed by atoms with Gasteiger partial charge in [0, 0.05) is 11.0 Å². The van der Waals surface area contributed by atoms with Gasteiger partial charge in [-0.25, -0.2) is 4.39 Å². The zero-order valence-corrected chi connectivity index (χ0v) is 24.5. The number of halogens is 1. The molecule has 0 spiro atoms. The van der Waals surface area contributed by atoms with Crippen LogP contribution in [0.4, 0.5) is 4.39 Å². The van der Waals surface area contributed by atoms with Gasteiger partial charge in [-0.1, -0.05) is 74.6 Å². The van der Waals surface area contributed by atoms with E-state index in [1.54, 1.807) is 6.07 Å². The molecule has 3 aromatic rings. The molecule has 210 valence electrons. The number of benzene rings is 3. The van der Waals surface area contributed by atoms with Crippen LogP contribution < -0.4 is 0 Å². The minimum atomic E-state index is -0.857. The highest BCUT2D eigenvalue weighted by Gasteiger charge is 2.32. The Bertz CT molecular complexity index is 1430. The molecule has 0 amide bonds. The molecule has 0 radical (unpaired) electrons. The Labute approximate surface area is 238 Å². The van der Waals surface area contributed by atoms with E-state index in [2.05, 4.69) is 80.7 Å². The lowest BCUT2D eigenvalue weighted by molar-refractivity contribution is -0.139. The summed E-state index contributed by atoms with van der Waals surface area (Å²) in [7, 11) is 1.30. The van der Waals surface area contributed by atoms with Gasteiger partial charge in [-0.3, -0.25) is 4.79 Å². The smallest absolute Gasteiger partial charge is 0.310 e. The molecule has 4 heteroatoms. The lowest BCUT2D eigenvalue weighted by Gasteiger charge is -2.34. The van der Waals surface area contributed by atoms with E-state index in [9.17, 15) is 14.3 Å². The van der Waals surface area contributed by atoms with Crippen molar-refractivity contribution in [3.05, 3.63) is 93.8 Å². The predicted molar refractivity (Wildman–Crippen MR) is 160 cm³/mol. The van der Waals surface area contributed by atoms with Crippen LogP contribution >= 0.6 is 0 Å². The van der Waals surface area contributed by atoms with E-state index in [1.807, 2.05) is 6.07 Å². The maximum Gasteiger partial charge on any atom is 0.310 e. The largest absolute Gasteiger partial charge is 0.469 e. The van der Waals surface area contributed by atoms with E-state index in [0.29, 0.717) is 5.56 Å². The Kier molecular flexibility index (Phi) is 9.16. The number of aryl methyl sites for hydroxylation is 2. The predicted octanol–water partition coefficient (Wildman–Crippen LogP) is 7.98. The van der Waals surface area contributed by atoms with Gasteiger partial charge in [-0.2, -0.15) is 0 Å². The standard InChI is InChI=1S/C36H41FO3/c1-6-36(7-2,30-14-13-27(25(3)21-30)17-20-35(39)18-9-8-10-19-35)31-15-16-32(26(4)22-31)28-11-12-29(33(37)23-28)24-34(38)40-5/h11-16,21-23,39H,6-10,18-19,24H2,1-5H3. The average molecular weight is 541 g/mol. The van der Waals surface area contributed by atoms with Gasteiger partial charge in [-0.15, -0.1) is 0 Å². The van der Waals surface area contributed by atoms with Crippen LogP contribution in [-0.2, 0) is 21.4 Å². The third-order valence-electron chi connectivity index (χ3n) is 8.80. The highest BCUT2D eigenvalue weighted by atomic mass is 19.1. The zero-order valence-electron chi connectivity index (χ0n) is 24.5. The quantitative estimate of drug-likeness (QED) is 0.244. The first kappa shape index (κ1) is 29.6. The van der Waals surface area contributed by atoms with Crippen LogP contribution in [0.1, 0.15) is 92.2 Å². The molecule has 3 nitrogen and oxygen atoms in total. The fraction of sp³-hybridized carbons (Fsp3) is 0.417. The molecular weight excluding hydrogens is 499 g/mol. The van der Waals surface area contributed by atoms with Crippen LogP contribution in [0, 0.1) is 31.5 Å². The molecule has 1 aliphatic carbocycles. The van der Waals surface area contributed by atoms with Crippen LogP contribution in [0.5, 0.6) is 0 Å². The fourth-order valence-electron chi connectivity index (χ4n) is 6.15. The van der Waals surface area contributed by atoms with Gasteiger partial charge in [-0.05, 0) is 103 Å². The molecule has 0 atom stereocenters. The van der Waals surface area contributed by atoms with Crippen molar-refractivity contribution in [3.8, 4) is 23.0 Å². The van der Waals surface area contributed by atoms with E-state index in [1.165, 1.54) is 30.7 Å². The van der Waals surface area contributed by atoms with E-state index in [4.69, 9.17) is 0 Å². The second-order valence-corrected chi connectivity index (χ2v) is 11.2. The summed E-state index contributed by atoms with van der Waals surface area (Å²) in [6.07, 6.45) is 6.54. The van der Waals surface area contributed by atoms with Crippen LogP contribution in [0.15, 0.2) is 54.6 Å². The monoisotopic (exact) mass is 540 g/mol. The number of ether oxygens (including phenoxy) is 1. The number of hydrogen-bond donors (Lipinski definition) is 1. The maximum atomic E-state index is 14.8. The molecule has 0 aliphatic heterocycles. The van der Waals surface area contributed by atoms with E-state index in [-0.39, 0.29) is 11.8 Å². The average Bonchev–Trinajstić information content (AvgIpc) is 2.95. The normalized spacial score (nSPS) is 14.8. The van der Waals surface area contributed by atoms with Crippen molar-refractivity contribution < 1.29 is 19.0 Å². The van der Waals surface area contributed by atoms with Crippen LogP contribution in [0.3, 0.4) is 0 Å². The first-order chi connectivity index (χ1) is 19.1. The van der Waals surface area contributed by atoms with Gasteiger partial charge in [0.15, 0.2) is 0 Å². The Balaban J connectivity index is 1.65. The molecule has 1 N–H and O–H groups in total. The number of esters is 1. The van der Waals surface area contributed by atoms with Gasteiger partial charge in [0.2, 0.25) is 0 Å². The highest BCUT2D eigenvalue weighted by molar-refractivity contribution is 5.74. The van der Waals surface area contributed by atoms with E-state index < -0.39 is 17.4 Å². The lowest BCUT2D eigenvalue weighted by atomic mass is 9.69. The second-order valence-electron chi connectivity index (χ2n) is 11.2. The Morgan fingerprint density at radius 3 is 2.17 bits per heavy atom. The van der Waals surface area contributed by atoms with Crippen molar-refractivity contribution in [2.24, 2.45) is 0 Å². The van der Waals surface area contributed by atoms with Crippen molar-refractivity contribution in [2.45, 2.75) is 90.1 Å². The summed E-state index contributed by atoms with van der Waals surface area (Å²) in [4.78, 5) is 11.6. The van der Waals surface area contributed by atoms with Crippen LogP contribution in [0.25, 0.3) is 11.1 Å². The number of carbonyl (C=O) groups is 1. The lowest BCUT2D eigenvalue weighted by Crippen LogP contribution is -2.29. The molecule has 0 unspecified atom stereocenters. The first-order valence-corrected chi connectivity index (χ1v) is 14.5. The molecule has 3 aromatic carbocycles. The number of methoxy groups -OCH3 is 1. The summed E-state index contributed by atoms with van der Waals surface area (Å²) < 4.78 is 19.5. The summed E-state index contributed by atoms with van der Waals surface area (Å²) in [6, 6.07) is 18.0. The van der Waals surface area contributed by atoms with Crippen molar-refractivity contribution in [3.63, 3.8) is 0 Å². The molecule has 1 aliphatic rings. The Hall–Kier alpha value is -3.42. The SMILES string of the molecule is CCC(CC)(c1ccc(C#CC2(O)CCCCC2)c(C)c1)c1ccc(-c2ccc(CC(=O)OC)c(F)c2)c(C)c1. The van der Waals surface area contributed by atoms with E-state index in [0.717, 1.165) is 66.3 Å². The number of rotatable bonds is 7. The van der Waals surface area contributed by atoms with Gasteiger partial charge < -0.3 is 9.84 Å². The molecule has 4 rings (SSSR count). The molecule has 0 heterocycles.